The van der Waals surface area contributed by atoms with Crippen molar-refractivity contribution in [2.45, 2.75) is 5.75 Å². The van der Waals surface area contributed by atoms with Crippen LogP contribution in [0.2, 0.25) is 0 Å². The molecule has 0 amide bonds. The summed E-state index contributed by atoms with van der Waals surface area (Å²) >= 11 is 5.83. The molecule has 0 fully saturated rings. The maximum absolute atomic E-state index is 12.7. The fourth-order valence-corrected chi connectivity index (χ4v) is 2.34. The average Bonchev–Trinajstić information content (AvgIpc) is 2.46. The summed E-state index contributed by atoms with van der Waals surface area (Å²) in [4.78, 5) is 1.18. The average molecular weight is 198 g/mol. The van der Waals surface area contributed by atoms with Crippen molar-refractivity contribution in [3.8, 4) is 0 Å². The first-order valence-electron chi connectivity index (χ1n) is 3.58. The highest BCUT2D eigenvalue weighted by Gasteiger charge is 2.00. The van der Waals surface area contributed by atoms with Crippen molar-refractivity contribution in [2.24, 2.45) is 0 Å². The lowest BCUT2D eigenvalue weighted by molar-refractivity contribution is 0.630. The van der Waals surface area contributed by atoms with Gasteiger partial charge in [0, 0.05) is 15.3 Å². The molecule has 0 unspecified atom stereocenters. The summed E-state index contributed by atoms with van der Waals surface area (Å²) < 4.78 is 13.9. The molecule has 0 radical (unpaired) electrons. The number of benzene rings is 1. The Bertz CT molecular complexity index is 406. The second kappa shape index (κ2) is 3.07. The Morgan fingerprint density at radius 3 is 2.92 bits per heavy atom. The first-order valence-corrected chi connectivity index (χ1v) is 5.03. The van der Waals surface area contributed by atoms with Gasteiger partial charge in [0.1, 0.15) is 5.82 Å². The van der Waals surface area contributed by atoms with E-state index in [-0.39, 0.29) is 5.82 Å². The summed E-state index contributed by atoms with van der Waals surface area (Å²) in [6.07, 6.45) is 0. The fourth-order valence-electron chi connectivity index (χ4n) is 1.15. The molecule has 0 nitrogen and oxygen atoms in total. The molecule has 0 saturated heterocycles. The van der Waals surface area contributed by atoms with E-state index in [1.807, 2.05) is 12.1 Å². The minimum Gasteiger partial charge on any atom is -0.207 e. The monoisotopic (exact) mass is 198 g/mol. The normalized spacial score (nSPS) is 10.8. The molecule has 1 aromatic carbocycles. The third-order valence-electron chi connectivity index (χ3n) is 1.69. The van der Waals surface area contributed by atoms with E-state index in [0.29, 0.717) is 0 Å². The van der Waals surface area contributed by atoms with E-state index in [4.69, 9.17) is 0 Å². The van der Waals surface area contributed by atoms with Crippen LogP contribution in [-0.4, -0.2) is 0 Å². The zero-order valence-electron chi connectivity index (χ0n) is 6.25. The van der Waals surface area contributed by atoms with Crippen molar-refractivity contribution in [1.82, 2.24) is 0 Å². The van der Waals surface area contributed by atoms with Crippen LogP contribution in [0.25, 0.3) is 10.1 Å². The molecule has 0 N–H and O–H groups in total. The van der Waals surface area contributed by atoms with Crippen LogP contribution in [-0.2, 0) is 5.75 Å². The van der Waals surface area contributed by atoms with Gasteiger partial charge < -0.3 is 0 Å². The predicted molar refractivity (Wildman–Crippen MR) is 54.5 cm³/mol. The molecule has 2 aromatic rings. The van der Waals surface area contributed by atoms with Crippen molar-refractivity contribution in [3.05, 3.63) is 35.0 Å². The van der Waals surface area contributed by atoms with E-state index in [1.54, 1.807) is 17.4 Å². The first-order chi connectivity index (χ1) is 5.79. The highest BCUT2D eigenvalue weighted by molar-refractivity contribution is 7.79. The van der Waals surface area contributed by atoms with Gasteiger partial charge in [-0.3, -0.25) is 0 Å². The summed E-state index contributed by atoms with van der Waals surface area (Å²) in [5, 5.41) is 0.976. The number of rotatable bonds is 1. The van der Waals surface area contributed by atoms with Crippen LogP contribution in [0.3, 0.4) is 0 Å². The summed E-state index contributed by atoms with van der Waals surface area (Å²) in [7, 11) is 0. The molecule has 0 aliphatic rings. The molecular formula is C9H7FS2. The molecule has 0 saturated carbocycles. The number of thiophene rings is 1. The SMILES string of the molecule is Fc1ccc2sc(CS)cc2c1. The van der Waals surface area contributed by atoms with Crippen molar-refractivity contribution in [2.75, 3.05) is 0 Å². The number of hydrogen-bond acceptors (Lipinski definition) is 2. The molecule has 1 aromatic heterocycles. The Labute approximate surface area is 79.4 Å². The van der Waals surface area contributed by atoms with Gasteiger partial charge in [0.25, 0.3) is 0 Å². The summed E-state index contributed by atoms with van der Waals surface area (Å²) in [6.45, 7) is 0. The smallest absolute Gasteiger partial charge is 0.123 e. The van der Waals surface area contributed by atoms with E-state index < -0.39 is 0 Å². The van der Waals surface area contributed by atoms with Crippen molar-refractivity contribution < 1.29 is 4.39 Å². The van der Waals surface area contributed by atoms with Crippen LogP contribution in [0.5, 0.6) is 0 Å². The largest absolute Gasteiger partial charge is 0.207 e. The Balaban J connectivity index is 2.67. The highest BCUT2D eigenvalue weighted by Crippen LogP contribution is 2.26. The van der Waals surface area contributed by atoms with Gasteiger partial charge in [-0.05, 0) is 29.7 Å². The van der Waals surface area contributed by atoms with E-state index in [9.17, 15) is 4.39 Å². The molecule has 0 bridgehead atoms. The maximum Gasteiger partial charge on any atom is 0.123 e. The number of fused-ring (bicyclic) bond motifs is 1. The summed E-state index contributed by atoms with van der Waals surface area (Å²) in [5.41, 5.74) is 0. The lowest BCUT2D eigenvalue weighted by Crippen LogP contribution is -1.68. The minimum absolute atomic E-state index is 0.175. The maximum atomic E-state index is 12.7. The topological polar surface area (TPSA) is 0 Å². The van der Waals surface area contributed by atoms with E-state index in [1.165, 1.54) is 10.9 Å². The zero-order valence-corrected chi connectivity index (χ0v) is 7.96. The lowest BCUT2D eigenvalue weighted by atomic mass is 10.2. The van der Waals surface area contributed by atoms with E-state index >= 15 is 0 Å². The van der Waals surface area contributed by atoms with Crippen LogP contribution in [0.1, 0.15) is 4.88 Å². The van der Waals surface area contributed by atoms with Crippen LogP contribution in [0, 0.1) is 5.82 Å². The van der Waals surface area contributed by atoms with Crippen molar-refractivity contribution in [3.63, 3.8) is 0 Å². The quantitative estimate of drug-likeness (QED) is 0.666. The van der Waals surface area contributed by atoms with Gasteiger partial charge in [0.05, 0.1) is 0 Å². The number of halogens is 1. The molecule has 12 heavy (non-hydrogen) atoms. The van der Waals surface area contributed by atoms with Gasteiger partial charge >= 0.3 is 0 Å². The lowest BCUT2D eigenvalue weighted by Gasteiger charge is -1.86. The van der Waals surface area contributed by atoms with Crippen LogP contribution >= 0.6 is 24.0 Å². The molecule has 62 valence electrons. The highest BCUT2D eigenvalue weighted by atomic mass is 32.1. The predicted octanol–water partition coefficient (Wildman–Crippen LogP) is 3.47. The van der Waals surface area contributed by atoms with Crippen LogP contribution in [0.4, 0.5) is 4.39 Å². The Morgan fingerprint density at radius 1 is 1.33 bits per heavy atom. The second-order valence-electron chi connectivity index (χ2n) is 2.55. The third-order valence-corrected chi connectivity index (χ3v) is 3.36. The third kappa shape index (κ3) is 1.34. The molecule has 3 heteroatoms. The fraction of sp³-hybridized carbons (Fsp3) is 0.111. The summed E-state index contributed by atoms with van der Waals surface area (Å²) in [5.74, 6) is 0.548. The molecule has 0 aliphatic heterocycles. The summed E-state index contributed by atoms with van der Waals surface area (Å²) in [6, 6.07) is 6.83. The van der Waals surface area contributed by atoms with E-state index in [2.05, 4.69) is 12.6 Å². The van der Waals surface area contributed by atoms with Gasteiger partial charge in [0.15, 0.2) is 0 Å². The molecule has 1 heterocycles. The van der Waals surface area contributed by atoms with Crippen molar-refractivity contribution in [1.29, 1.82) is 0 Å². The number of thiol groups is 1. The Kier molecular flexibility index (Phi) is 2.07. The van der Waals surface area contributed by atoms with Gasteiger partial charge in [0.2, 0.25) is 0 Å². The molecular weight excluding hydrogens is 191 g/mol. The van der Waals surface area contributed by atoms with E-state index in [0.717, 1.165) is 15.8 Å². The number of hydrogen-bond donors (Lipinski definition) is 1. The molecule has 2 rings (SSSR count). The van der Waals surface area contributed by atoms with Gasteiger partial charge in [-0.2, -0.15) is 12.6 Å². The van der Waals surface area contributed by atoms with Gasteiger partial charge in [-0.15, -0.1) is 11.3 Å². The van der Waals surface area contributed by atoms with Crippen LogP contribution < -0.4 is 0 Å². The van der Waals surface area contributed by atoms with Gasteiger partial charge in [-0.25, -0.2) is 4.39 Å². The second-order valence-corrected chi connectivity index (χ2v) is 4.04. The Hall–Kier alpha value is -0.540. The van der Waals surface area contributed by atoms with Gasteiger partial charge in [-0.1, -0.05) is 0 Å². The molecule has 0 aliphatic carbocycles. The minimum atomic E-state index is -0.175. The van der Waals surface area contributed by atoms with Crippen molar-refractivity contribution >= 4 is 34.1 Å². The zero-order chi connectivity index (χ0) is 8.55. The first kappa shape index (κ1) is 8.08. The molecule has 0 spiro atoms. The Morgan fingerprint density at radius 2 is 2.17 bits per heavy atom. The molecule has 0 atom stereocenters. The standard InChI is InChI=1S/C9H7FS2/c10-7-1-2-9-6(3-7)4-8(5-11)12-9/h1-4,11H,5H2. The van der Waals surface area contributed by atoms with Crippen LogP contribution in [0.15, 0.2) is 24.3 Å².